The molecule has 1 aliphatic carbocycles. The minimum Gasteiger partial charge on any atom is -0.489 e. The summed E-state index contributed by atoms with van der Waals surface area (Å²) < 4.78 is 41.7. The summed E-state index contributed by atoms with van der Waals surface area (Å²) in [4.78, 5) is 3.81. The summed E-state index contributed by atoms with van der Waals surface area (Å²) in [5.74, 6) is 0.345. The lowest BCUT2D eigenvalue weighted by Gasteiger charge is -2.32. The van der Waals surface area contributed by atoms with Crippen molar-refractivity contribution in [2.45, 2.75) is 62.7 Å². The van der Waals surface area contributed by atoms with Gasteiger partial charge in [0.05, 0.1) is 23.5 Å². The average molecular weight is 340 g/mol. The zero-order valence-corrected chi connectivity index (χ0v) is 14.5. The van der Waals surface area contributed by atoms with Crippen molar-refractivity contribution in [1.82, 2.24) is 4.98 Å². The molecule has 1 saturated heterocycles. The molecule has 0 radical (unpaired) electrons. The molecule has 2 N–H and O–H groups in total. The highest BCUT2D eigenvalue weighted by atomic mass is 32.2. The number of hydrogen-bond donors (Lipinski definition) is 1. The van der Waals surface area contributed by atoms with E-state index in [4.69, 9.17) is 19.2 Å². The molecule has 126 valence electrons. The highest BCUT2D eigenvalue weighted by Crippen LogP contribution is 2.38. The van der Waals surface area contributed by atoms with Crippen LogP contribution in [0.3, 0.4) is 0 Å². The number of primary sulfonamides is 1. The second-order valence-corrected chi connectivity index (χ2v) is 8.53. The number of ether oxygens (including phenoxy) is 1. The molecule has 9 heteroatoms. The molecule has 1 aromatic heterocycles. The van der Waals surface area contributed by atoms with Gasteiger partial charge in [0.1, 0.15) is 10.6 Å². The van der Waals surface area contributed by atoms with Gasteiger partial charge in [-0.25, -0.2) is 13.6 Å². The molecule has 0 unspecified atom stereocenters. The van der Waals surface area contributed by atoms with Crippen LogP contribution in [-0.4, -0.2) is 37.8 Å². The molecule has 2 aliphatic rings. The van der Waals surface area contributed by atoms with Crippen LogP contribution in [0, 0.1) is 0 Å². The van der Waals surface area contributed by atoms with Crippen LogP contribution in [0.1, 0.15) is 40.5 Å². The third-order valence-corrected chi connectivity index (χ3v) is 5.47. The fraction of sp³-hybridized carbons (Fsp3) is 0.643. The maximum Gasteiger partial charge on any atom is 0.500 e. The maximum absolute atomic E-state index is 12.0. The van der Waals surface area contributed by atoms with E-state index in [1.165, 1.54) is 12.4 Å². The highest BCUT2D eigenvalue weighted by molar-refractivity contribution is 7.89. The van der Waals surface area contributed by atoms with Crippen molar-refractivity contribution < 1.29 is 22.5 Å². The van der Waals surface area contributed by atoms with E-state index in [1.807, 2.05) is 27.7 Å². The van der Waals surface area contributed by atoms with Crippen molar-refractivity contribution >= 4 is 22.6 Å². The zero-order chi connectivity index (χ0) is 17.0. The van der Waals surface area contributed by atoms with Crippen molar-refractivity contribution in [2.24, 2.45) is 5.14 Å². The fourth-order valence-electron chi connectivity index (χ4n) is 2.31. The standard InChI is InChI=1S/C14H21BN2O5S/c1-13(2)14(3,4)22-15(21-13)12-10(20-9-5-6-9)7-17-8-11(12)23(16,18)19/h7-9H,5-6H2,1-4H3,(H2,16,18,19). The summed E-state index contributed by atoms with van der Waals surface area (Å²) in [6, 6.07) is 0. The molecule has 0 aromatic carbocycles. The molecule has 23 heavy (non-hydrogen) atoms. The van der Waals surface area contributed by atoms with Crippen molar-refractivity contribution in [3.8, 4) is 5.75 Å². The van der Waals surface area contributed by atoms with E-state index in [-0.39, 0.29) is 16.5 Å². The lowest BCUT2D eigenvalue weighted by molar-refractivity contribution is 0.00578. The molecule has 2 heterocycles. The van der Waals surface area contributed by atoms with E-state index >= 15 is 0 Å². The van der Waals surface area contributed by atoms with Crippen molar-refractivity contribution in [1.29, 1.82) is 0 Å². The van der Waals surface area contributed by atoms with Crippen LogP contribution < -0.4 is 15.3 Å². The number of nitrogens with zero attached hydrogens (tertiary/aromatic N) is 1. The molecule has 0 amide bonds. The Labute approximate surface area is 136 Å². The summed E-state index contributed by atoms with van der Waals surface area (Å²) in [5, 5.41) is 5.34. The lowest BCUT2D eigenvalue weighted by Crippen LogP contribution is -2.41. The molecule has 3 rings (SSSR count). The second-order valence-electron chi connectivity index (χ2n) is 7.00. The van der Waals surface area contributed by atoms with E-state index in [0.717, 1.165) is 12.8 Å². The second kappa shape index (κ2) is 5.17. The van der Waals surface area contributed by atoms with Gasteiger partial charge in [-0.15, -0.1) is 0 Å². The summed E-state index contributed by atoms with van der Waals surface area (Å²) in [6.45, 7) is 7.58. The molecular weight excluding hydrogens is 319 g/mol. The van der Waals surface area contributed by atoms with E-state index in [2.05, 4.69) is 4.98 Å². The number of nitrogens with two attached hydrogens (primary N) is 1. The van der Waals surface area contributed by atoms with Gasteiger partial charge in [-0.05, 0) is 40.5 Å². The molecule has 1 saturated carbocycles. The van der Waals surface area contributed by atoms with Crippen LogP contribution in [0.2, 0.25) is 0 Å². The van der Waals surface area contributed by atoms with Gasteiger partial charge in [0.15, 0.2) is 0 Å². The Morgan fingerprint density at radius 1 is 1.22 bits per heavy atom. The SMILES string of the molecule is CC1(C)OB(c2c(OC3CC3)cncc2S(N)(=O)=O)OC1(C)C. The van der Waals surface area contributed by atoms with Gasteiger partial charge in [-0.3, -0.25) is 4.98 Å². The summed E-state index contributed by atoms with van der Waals surface area (Å²) in [6.07, 6.45) is 4.63. The third kappa shape index (κ3) is 3.10. The minimum atomic E-state index is -3.99. The maximum atomic E-state index is 12.0. The van der Waals surface area contributed by atoms with Gasteiger partial charge in [0, 0.05) is 11.7 Å². The molecular formula is C14H21BN2O5S. The molecule has 1 aromatic rings. The quantitative estimate of drug-likeness (QED) is 0.804. The number of hydrogen-bond acceptors (Lipinski definition) is 6. The minimum absolute atomic E-state index is 0.0775. The van der Waals surface area contributed by atoms with Crippen LogP contribution in [0.25, 0.3) is 0 Å². The van der Waals surface area contributed by atoms with Crippen LogP contribution >= 0.6 is 0 Å². The fourth-order valence-corrected chi connectivity index (χ4v) is 3.02. The first-order valence-electron chi connectivity index (χ1n) is 7.54. The first-order valence-corrected chi connectivity index (χ1v) is 9.09. The number of sulfonamides is 1. The summed E-state index contributed by atoms with van der Waals surface area (Å²) in [5.41, 5.74) is -0.922. The van der Waals surface area contributed by atoms with E-state index < -0.39 is 28.3 Å². The molecule has 7 nitrogen and oxygen atoms in total. The Balaban J connectivity index is 2.09. The Kier molecular flexibility index (Phi) is 3.75. The molecule has 0 atom stereocenters. The van der Waals surface area contributed by atoms with Crippen LogP contribution in [0.15, 0.2) is 17.3 Å². The van der Waals surface area contributed by atoms with Gasteiger partial charge in [0.2, 0.25) is 10.0 Å². The van der Waals surface area contributed by atoms with Crippen molar-refractivity contribution in [2.75, 3.05) is 0 Å². The third-order valence-electron chi connectivity index (χ3n) is 4.53. The lowest BCUT2D eigenvalue weighted by atomic mass is 9.79. The Morgan fingerprint density at radius 2 is 1.78 bits per heavy atom. The van der Waals surface area contributed by atoms with E-state index in [1.54, 1.807) is 0 Å². The highest BCUT2D eigenvalue weighted by Gasteiger charge is 2.54. The summed E-state index contributed by atoms with van der Waals surface area (Å²) in [7, 11) is -4.87. The molecule has 2 fully saturated rings. The van der Waals surface area contributed by atoms with Crippen LogP contribution in [0.5, 0.6) is 5.75 Å². The number of pyridine rings is 1. The van der Waals surface area contributed by atoms with E-state index in [9.17, 15) is 8.42 Å². The van der Waals surface area contributed by atoms with Crippen LogP contribution in [-0.2, 0) is 19.3 Å². The number of rotatable bonds is 4. The van der Waals surface area contributed by atoms with Crippen molar-refractivity contribution in [3.63, 3.8) is 0 Å². The smallest absolute Gasteiger partial charge is 0.489 e. The Morgan fingerprint density at radius 3 is 2.26 bits per heavy atom. The van der Waals surface area contributed by atoms with Gasteiger partial charge in [-0.2, -0.15) is 0 Å². The van der Waals surface area contributed by atoms with E-state index in [0.29, 0.717) is 5.75 Å². The van der Waals surface area contributed by atoms with Gasteiger partial charge >= 0.3 is 7.12 Å². The van der Waals surface area contributed by atoms with Gasteiger partial charge in [-0.1, -0.05) is 0 Å². The molecule has 0 bridgehead atoms. The predicted molar refractivity (Wildman–Crippen MR) is 85.0 cm³/mol. The van der Waals surface area contributed by atoms with Gasteiger partial charge in [0.25, 0.3) is 0 Å². The topological polar surface area (TPSA) is 101 Å². The average Bonchev–Trinajstić information content (AvgIpc) is 3.16. The normalized spacial score (nSPS) is 23.1. The Hall–Kier alpha value is -1.16. The predicted octanol–water partition coefficient (Wildman–Crippen LogP) is 0.569. The van der Waals surface area contributed by atoms with Crippen LogP contribution in [0.4, 0.5) is 0 Å². The van der Waals surface area contributed by atoms with Crippen molar-refractivity contribution in [3.05, 3.63) is 12.4 Å². The first-order chi connectivity index (χ1) is 10.5. The van der Waals surface area contributed by atoms with Gasteiger partial charge < -0.3 is 14.0 Å². The molecule has 0 spiro atoms. The largest absolute Gasteiger partial charge is 0.500 e. The molecule has 1 aliphatic heterocycles. The Bertz CT molecular complexity index is 715. The monoisotopic (exact) mass is 340 g/mol. The zero-order valence-electron chi connectivity index (χ0n) is 13.7. The first kappa shape index (κ1) is 16.7. The summed E-state index contributed by atoms with van der Waals surface area (Å²) >= 11 is 0. The number of aromatic nitrogens is 1.